The molecule has 0 aliphatic carbocycles. The second kappa shape index (κ2) is 7.63. The third kappa shape index (κ3) is 3.61. The molecule has 2 aromatic rings. The van der Waals surface area contributed by atoms with Crippen molar-refractivity contribution in [1.29, 1.82) is 0 Å². The Kier molecular flexibility index (Phi) is 5.83. The molecule has 120 valence electrons. The highest BCUT2D eigenvalue weighted by Gasteiger charge is 2.27. The number of benzene rings is 1. The Morgan fingerprint density at radius 1 is 1.41 bits per heavy atom. The minimum absolute atomic E-state index is 0. The monoisotopic (exact) mass is 323 g/mol. The zero-order valence-electron chi connectivity index (χ0n) is 12.6. The number of aromatic nitrogens is 1. The van der Waals surface area contributed by atoms with Crippen LogP contribution in [-0.4, -0.2) is 42.7 Å². The molecule has 1 amide bonds. The van der Waals surface area contributed by atoms with Crippen LogP contribution in [0.4, 0.5) is 0 Å². The van der Waals surface area contributed by atoms with E-state index in [0.29, 0.717) is 13.2 Å². The van der Waals surface area contributed by atoms with Crippen LogP contribution in [0.15, 0.2) is 30.5 Å². The second-order valence-electron chi connectivity index (χ2n) is 5.41. The average molecular weight is 324 g/mol. The third-order valence-corrected chi connectivity index (χ3v) is 3.97. The molecule has 1 aromatic heterocycles. The minimum atomic E-state index is -0.248. The summed E-state index contributed by atoms with van der Waals surface area (Å²) in [6.07, 6.45) is 2.76. The highest BCUT2D eigenvalue weighted by Crippen LogP contribution is 2.17. The molecule has 5 nitrogen and oxygen atoms in total. The Morgan fingerprint density at radius 3 is 3.05 bits per heavy atom. The summed E-state index contributed by atoms with van der Waals surface area (Å²) in [7, 11) is 0. The molecule has 1 saturated heterocycles. The Labute approximate surface area is 136 Å². The van der Waals surface area contributed by atoms with Gasteiger partial charge in [-0.2, -0.15) is 0 Å². The number of amides is 1. The van der Waals surface area contributed by atoms with E-state index < -0.39 is 0 Å². The number of rotatable bonds is 4. The fourth-order valence-electron chi connectivity index (χ4n) is 2.80. The Bertz CT molecular complexity index is 629. The van der Waals surface area contributed by atoms with Gasteiger partial charge in [-0.1, -0.05) is 18.2 Å². The van der Waals surface area contributed by atoms with Crippen LogP contribution >= 0.6 is 12.4 Å². The summed E-state index contributed by atoms with van der Waals surface area (Å²) in [6.45, 7) is 3.95. The van der Waals surface area contributed by atoms with Gasteiger partial charge in [0.15, 0.2) is 0 Å². The van der Waals surface area contributed by atoms with E-state index in [1.54, 1.807) is 0 Å². The van der Waals surface area contributed by atoms with Gasteiger partial charge in [-0.3, -0.25) is 4.79 Å². The molecule has 3 N–H and O–H groups in total. The van der Waals surface area contributed by atoms with Crippen molar-refractivity contribution in [2.75, 3.05) is 19.7 Å². The van der Waals surface area contributed by atoms with Gasteiger partial charge >= 0.3 is 0 Å². The predicted molar refractivity (Wildman–Crippen MR) is 89.5 cm³/mol. The number of aromatic amines is 1. The van der Waals surface area contributed by atoms with Crippen molar-refractivity contribution in [2.45, 2.75) is 25.5 Å². The molecule has 1 aliphatic rings. The fraction of sp³-hybridized carbons (Fsp3) is 0.438. The molecule has 22 heavy (non-hydrogen) atoms. The van der Waals surface area contributed by atoms with Crippen LogP contribution in [-0.2, 0) is 16.0 Å². The van der Waals surface area contributed by atoms with Gasteiger partial charge < -0.3 is 20.4 Å². The molecule has 2 heterocycles. The molecule has 0 bridgehead atoms. The number of ether oxygens (including phenoxy) is 1. The normalized spacial score (nSPS) is 21.3. The Morgan fingerprint density at radius 2 is 2.23 bits per heavy atom. The molecule has 1 aliphatic heterocycles. The molecule has 6 heteroatoms. The Balaban J connectivity index is 0.00000176. The van der Waals surface area contributed by atoms with Crippen LogP contribution in [0.1, 0.15) is 12.5 Å². The van der Waals surface area contributed by atoms with Crippen molar-refractivity contribution >= 4 is 29.2 Å². The van der Waals surface area contributed by atoms with Gasteiger partial charge in [-0.05, 0) is 25.0 Å². The van der Waals surface area contributed by atoms with E-state index in [9.17, 15) is 4.79 Å². The summed E-state index contributed by atoms with van der Waals surface area (Å²) >= 11 is 0. The number of morpholine rings is 1. The number of hydrogen-bond donors (Lipinski definition) is 3. The van der Waals surface area contributed by atoms with E-state index in [2.05, 4.69) is 27.8 Å². The van der Waals surface area contributed by atoms with E-state index in [0.717, 1.165) is 18.5 Å². The van der Waals surface area contributed by atoms with Crippen molar-refractivity contribution < 1.29 is 9.53 Å². The van der Waals surface area contributed by atoms with Crippen LogP contribution in [0.25, 0.3) is 10.9 Å². The molecule has 0 unspecified atom stereocenters. The number of carbonyl (C=O) groups is 1. The van der Waals surface area contributed by atoms with Gasteiger partial charge in [0.05, 0.1) is 12.7 Å². The van der Waals surface area contributed by atoms with Crippen LogP contribution in [0.2, 0.25) is 0 Å². The van der Waals surface area contributed by atoms with Gasteiger partial charge in [0.2, 0.25) is 5.91 Å². The number of H-pyrrole nitrogens is 1. The highest BCUT2D eigenvalue weighted by atomic mass is 35.5. The second-order valence-corrected chi connectivity index (χ2v) is 5.41. The van der Waals surface area contributed by atoms with E-state index >= 15 is 0 Å². The first-order valence-corrected chi connectivity index (χ1v) is 7.43. The molecule has 0 saturated carbocycles. The number of para-hydroxylation sites is 1. The van der Waals surface area contributed by atoms with E-state index in [4.69, 9.17) is 4.74 Å². The lowest BCUT2D eigenvalue weighted by Gasteiger charge is -2.29. The van der Waals surface area contributed by atoms with Crippen LogP contribution in [0.5, 0.6) is 0 Å². The number of nitrogens with one attached hydrogen (secondary N) is 3. The number of carbonyl (C=O) groups excluding carboxylic acids is 1. The van der Waals surface area contributed by atoms with E-state index in [-0.39, 0.29) is 30.5 Å². The maximum Gasteiger partial charge on any atom is 0.239 e. The van der Waals surface area contributed by atoms with E-state index in [1.807, 2.05) is 25.3 Å². The summed E-state index contributed by atoms with van der Waals surface area (Å²) in [4.78, 5) is 15.4. The number of halogens is 1. The lowest BCUT2D eigenvalue weighted by Crippen LogP contribution is -2.55. The SMILES string of the molecule is C[C@H]1OCCN[C@@H]1C(=O)NCCc1c[nH]c2ccccc12.Cl. The number of fused-ring (bicyclic) bond motifs is 1. The van der Waals surface area contributed by atoms with Crippen molar-refractivity contribution in [3.05, 3.63) is 36.0 Å². The van der Waals surface area contributed by atoms with Crippen molar-refractivity contribution in [3.63, 3.8) is 0 Å². The highest BCUT2D eigenvalue weighted by molar-refractivity contribution is 5.85. The first-order chi connectivity index (χ1) is 10.3. The first kappa shape index (κ1) is 16.8. The van der Waals surface area contributed by atoms with Gasteiger partial charge in [-0.15, -0.1) is 12.4 Å². The number of hydrogen-bond acceptors (Lipinski definition) is 3. The van der Waals surface area contributed by atoms with Gasteiger partial charge in [0.1, 0.15) is 6.04 Å². The molecule has 0 radical (unpaired) electrons. The molecule has 2 atom stereocenters. The van der Waals surface area contributed by atoms with Crippen molar-refractivity contribution in [1.82, 2.24) is 15.6 Å². The largest absolute Gasteiger partial charge is 0.375 e. The summed E-state index contributed by atoms with van der Waals surface area (Å²) < 4.78 is 5.49. The molecule has 0 spiro atoms. The lowest BCUT2D eigenvalue weighted by molar-refractivity contribution is -0.128. The van der Waals surface area contributed by atoms with Gasteiger partial charge in [0.25, 0.3) is 0 Å². The van der Waals surface area contributed by atoms with E-state index in [1.165, 1.54) is 10.9 Å². The van der Waals surface area contributed by atoms with Crippen LogP contribution in [0.3, 0.4) is 0 Å². The molecule has 1 fully saturated rings. The van der Waals surface area contributed by atoms with Crippen molar-refractivity contribution in [2.24, 2.45) is 0 Å². The van der Waals surface area contributed by atoms with Crippen LogP contribution in [0, 0.1) is 0 Å². The molecule has 1 aromatic carbocycles. The zero-order valence-corrected chi connectivity index (χ0v) is 13.4. The summed E-state index contributed by atoms with van der Waals surface area (Å²) in [6, 6.07) is 7.95. The maximum absolute atomic E-state index is 12.1. The van der Waals surface area contributed by atoms with Gasteiger partial charge in [-0.25, -0.2) is 0 Å². The fourth-order valence-corrected chi connectivity index (χ4v) is 2.80. The lowest BCUT2D eigenvalue weighted by atomic mass is 10.1. The standard InChI is InChI=1S/C16H21N3O2.ClH/c1-11-15(17-8-9-21-11)16(20)18-7-6-12-10-19-14-5-3-2-4-13(12)14;/h2-5,10-11,15,17,19H,6-9H2,1H3,(H,18,20);1H/t11-,15+;/m1./s1. The quantitative estimate of drug-likeness (QED) is 0.801. The topological polar surface area (TPSA) is 66.2 Å². The third-order valence-electron chi connectivity index (χ3n) is 3.97. The summed E-state index contributed by atoms with van der Waals surface area (Å²) in [5.41, 5.74) is 2.36. The minimum Gasteiger partial charge on any atom is -0.375 e. The van der Waals surface area contributed by atoms with Gasteiger partial charge in [0, 0.05) is 30.2 Å². The summed E-state index contributed by atoms with van der Waals surface area (Å²) in [5, 5.41) is 7.41. The molecular weight excluding hydrogens is 302 g/mol. The smallest absolute Gasteiger partial charge is 0.239 e. The molecule has 3 rings (SSSR count). The average Bonchev–Trinajstić information content (AvgIpc) is 2.91. The molecular formula is C16H22ClN3O2. The predicted octanol–water partition coefficient (Wildman–Crippen LogP) is 1.63. The Hall–Kier alpha value is -1.56. The van der Waals surface area contributed by atoms with Crippen LogP contribution < -0.4 is 10.6 Å². The zero-order chi connectivity index (χ0) is 14.7. The summed E-state index contributed by atoms with van der Waals surface area (Å²) in [5.74, 6) is 0.0158. The van der Waals surface area contributed by atoms with Crippen molar-refractivity contribution in [3.8, 4) is 0 Å². The first-order valence-electron chi connectivity index (χ1n) is 7.43. The maximum atomic E-state index is 12.1.